The minimum Gasteiger partial charge on any atom is -0.383 e. The third-order valence-electron chi connectivity index (χ3n) is 4.21. The van der Waals surface area contributed by atoms with Crippen LogP contribution in [0.3, 0.4) is 0 Å². The third kappa shape index (κ3) is 6.74. The van der Waals surface area contributed by atoms with Crippen LogP contribution in [0.15, 0.2) is 29.3 Å². The molecular weight excluding hydrogens is 439 g/mol. The van der Waals surface area contributed by atoms with Crippen LogP contribution in [0.25, 0.3) is 0 Å². The van der Waals surface area contributed by atoms with Gasteiger partial charge in [-0.25, -0.2) is 0 Å². The summed E-state index contributed by atoms with van der Waals surface area (Å²) < 4.78 is 5.19. The summed E-state index contributed by atoms with van der Waals surface area (Å²) in [6, 6.07) is 8.40. The van der Waals surface area contributed by atoms with E-state index in [4.69, 9.17) is 16.3 Å². The summed E-state index contributed by atoms with van der Waals surface area (Å²) in [5, 5.41) is 7.52. The highest BCUT2D eigenvalue weighted by molar-refractivity contribution is 14.0. The molecule has 1 heterocycles. The molecule has 1 fully saturated rings. The summed E-state index contributed by atoms with van der Waals surface area (Å²) in [7, 11) is 3.54. The molecule has 0 amide bonds. The number of rotatable bonds is 7. The van der Waals surface area contributed by atoms with Crippen LogP contribution >= 0.6 is 35.6 Å². The number of halogens is 2. The first-order chi connectivity index (χ1) is 11.2. The Kier molecular flexibility index (Phi) is 10.6. The second kappa shape index (κ2) is 11.9. The maximum atomic E-state index is 6.18. The summed E-state index contributed by atoms with van der Waals surface area (Å²) in [5.74, 6) is 0.809. The fourth-order valence-electron chi connectivity index (χ4n) is 2.89. The number of hydrogen-bond acceptors (Lipinski definition) is 3. The van der Waals surface area contributed by atoms with E-state index in [0.29, 0.717) is 12.6 Å². The number of nitrogens with zero attached hydrogens (tertiary/aromatic N) is 2. The van der Waals surface area contributed by atoms with Crippen molar-refractivity contribution in [2.75, 3.05) is 40.4 Å². The molecule has 5 nitrogen and oxygen atoms in total. The lowest BCUT2D eigenvalue weighted by Gasteiger charge is -2.25. The quantitative estimate of drug-likeness (QED) is 0.369. The van der Waals surface area contributed by atoms with E-state index in [0.717, 1.165) is 42.8 Å². The molecule has 1 aromatic rings. The lowest BCUT2D eigenvalue weighted by molar-refractivity contribution is 0.141. The molecule has 2 N–H and O–H groups in total. The standard InChI is InChI=1S/C17H27ClN4O.HI/c1-19-17(20-12-14-6-3-4-8-16(14)18)21-13-15-7-5-9-22(15)10-11-23-2;/h3-4,6,8,15H,5,7,9-13H2,1-2H3,(H2,19,20,21);1H. The highest BCUT2D eigenvalue weighted by Crippen LogP contribution is 2.16. The Morgan fingerprint density at radius 2 is 2.17 bits per heavy atom. The van der Waals surface area contributed by atoms with Crippen LogP contribution in [-0.2, 0) is 11.3 Å². The molecule has 1 aliphatic heterocycles. The zero-order valence-electron chi connectivity index (χ0n) is 14.4. The van der Waals surface area contributed by atoms with Crippen LogP contribution < -0.4 is 10.6 Å². The summed E-state index contributed by atoms with van der Waals surface area (Å²) in [6.45, 7) is 4.50. The molecule has 1 atom stereocenters. The zero-order chi connectivity index (χ0) is 16.5. The Morgan fingerprint density at radius 3 is 2.88 bits per heavy atom. The Balaban J connectivity index is 0.00000288. The molecule has 0 aromatic heterocycles. The van der Waals surface area contributed by atoms with Crippen molar-refractivity contribution in [3.05, 3.63) is 34.9 Å². The fourth-order valence-corrected chi connectivity index (χ4v) is 3.09. The van der Waals surface area contributed by atoms with Gasteiger partial charge in [0.15, 0.2) is 5.96 Å². The molecule has 1 aromatic carbocycles. The van der Waals surface area contributed by atoms with Crippen molar-refractivity contribution in [3.63, 3.8) is 0 Å². The number of methoxy groups -OCH3 is 1. The van der Waals surface area contributed by atoms with Crippen molar-refractivity contribution < 1.29 is 4.74 Å². The van der Waals surface area contributed by atoms with Gasteiger partial charge in [-0.3, -0.25) is 9.89 Å². The van der Waals surface area contributed by atoms with Crippen LogP contribution in [0.1, 0.15) is 18.4 Å². The van der Waals surface area contributed by atoms with Crippen LogP contribution in [0, 0.1) is 0 Å². The van der Waals surface area contributed by atoms with Gasteiger partial charge in [0.25, 0.3) is 0 Å². The lowest BCUT2D eigenvalue weighted by atomic mass is 10.2. The first-order valence-corrected chi connectivity index (χ1v) is 8.53. The van der Waals surface area contributed by atoms with Crippen LogP contribution in [0.2, 0.25) is 5.02 Å². The molecule has 24 heavy (non-hydrogen) atoms. The molecule has 0 spiro atoms. The lowest BCUT2D eigenvalue weighted by Crippen LogP contribution is -2.45. The number of aliphatic imine (C=N–C) groups is 1. The van der Waals surface area contributed by atoms with E-state index in [1.54, 1.807) is 14.2 Å². The van der Waals surface area contributed by atoms with Crippen molar-refractivity contribution >= 4 is 41.5 Å². The number of ether oxygens (including phenoxy) is 1. The zero-order valence-corrected chi connectivity index (χ0v) is 17.5. The predicted octanol–water partition coefficient (Wildman–Crippen LogP) is 2.73. The first-order valence-electron chi connectivity index (χ1n) is 8.15. The van der Waals surface area contributed by atoms with E-state index >= 15 is 0 Å². The summed E-state index contributed by atoms with van der Waals surface area (Å²) >= 11 is 6.18. The minimum atomic E-state index is 0. The molecule has 7 heteroatoms. The number of benzene rings is 1. The molecule has 0 radical (unpaired) electrons. The second-order valence-electron chi connectivity index (χ2n) is 5.72. The second-order valence-corrected chi connectivity index (χ2v) is 6.13. The average molecular weight is 467 g/mol. The molecule has 0 aliphatic carbocycles. The Labute approximate surface area is 167 Å². The Hall–Kier alpha value is -0.570. The van der Waals surface area contributed by atoms with Crippen molar-refractivity contribution in [3.8, 4) is 0 Å². The van der Waals surface area contributed by atoms with Crippen molar-refractivity contribution in [1.82, 2.24) is 15.5 Å². The minimum absolute atomic E-state index is 0. The molecular formula is C17H28ClIN4O. The molecule has 0 saturated carbocycles. The highest BCUT2D eigenvalue weighted by Gasteiger charge is 2.23. The van der Waals surface area contributed by atoms with E-state index in [9.17, 15) is 0 Å². The molecule has 1 saturated heterocycles. The largest absolute Gasteiger partial charge is 0.383 e. The third-order valence-corrected chi connectivity index (χ3v) is 4.58. The van der Waals surface area contributed by atoms with Gasteiger partial charge < -0.3 is 15.4 Å². The van der Waals surface area contributed by atoms with Gasteiger partial charge in [0.05, 0.1) is 6.61 Å². The summed E-state index contributed by atoms with van der Waals surface area (Å²) in [4.78, 5) is 6.77. The van der Waals surface area contributed by atoms with Gasteiger partial charge in [-0.15, -0.1) is 24.0 Å². The maximum Gasteiger partial charge on any atom is 0.191 e. The number of nitrogens with one attached hydrogen (secondary N) is 2. The molecule has 136 valence electrons. The van der Waals surface area contributed by atoms with Gasteiger partial charge in [0.2, 0.25) is 0 Å². The summed E-state index contributed by atoms with van der Waals surface area (Å²) in [5.41, 5.74) is 1.07. The van der Waals surface area contributed by atoms with E-state index in [1.165, 1.54) is 12.8 Å². The van der Waals surface area contributed by atoms with Gasteiger partial charge in [-0.1, -0.05) is 29.8 Å². The molecule has 2 rings (SSSR count). The number of hydrogen-bond donors (Lipinski definition) is 2. The van der Waals surface area contributed by atoms with Crippen LogP contribution in [-0.4, -0.2) is 57.3 Å². The Bertz CT molecular complexity index is 515. The van der Waals surface area contributed by atoms with Crippen LogP contribution in [0.4, 0.5) is 0 Å². The highest BCUT2D eigenvalue weighted by atomic mass is 127. The monoisotopic (exact) mass is 466 g/mol. The van der Waals surface area contributed by atoms with Gasteiger partial charge in [0.1, 0.15) is 0 Å². The fraction of sp³-hybridized carbons (Fsp3) is 0.588. The van der Waals surface area contributed by atoms with Gasteiger partial charge in [-0.05, 0) is 31.0 Å². The van der Waals surface area contributed by atoms with Gasteiger partial charge >= 0.3 is 0 Å². The Morgan fingerprint density at radius 1 is 1.38 bits per heavy atom. The summed E-state index contributed by atoms with van der Waals surface area (Å²) in [6.07, 6.45) is 2.47. The average Bonchev–Trinajstić information content (AvgIpc) is 3.02. The van der Waals surface area contributed by atoms with E-state index in [-0.39, 0.29) is 24.0 Å². The van der Waals surface area contributed by atoms with Crippen molar-refractivity contribution in [2.45, 2.75) is 25.4 Å². The van der Waals surface area contributed by atoms with E-state index in [2.05, 4.69) is 20.5 Å². The SMILES string of the molecule is CN=C(NCc1ccccc1Cl)NCC1CCCN1CCOC.I. The molecule has 0 bridgehead atoms. The number of likely N-dealkylation sites (tertiary alicyclic amines) is 1. The normalized spacial score (nSPS) is 18.3. The molecule has 1 unspecified atom stereocenters. The van der Waals surface area contributed by atoms with Crippen molar-refractivity contribution in [2.24, 2.45) is 4.99 Å². The van der Waals surface area contributed by atoms with Crippen molar-refractivity contribution in [1.29, 1.82) is 0 Å². The predicted molar refractivity (Wildman–Crippen MR) is 112 cm³/mol. The topological polar surface area (TPSA) is 48.9 Å². The molecule has 1 aliphatic rings. The van der Waals surface area contributed by atoms with E-state index < -0.39 is 0 Å². The van der Waals surface area contributed by atoms with Gasteiger partial charge in [-0.2, -0.15) is 0 Å². The smallest absolute Gasteiger partial charge is 0.191 e. The number of guanidine groups is 1. The maximum absolute atomic E-state index is 6.18. The van der Waals surface area contributed by atoms with Crippen LogP contribution in [0.5, 0.6) is 0 Å². The van der Waals surface area contributed by atoms with Gasteiger partial charge in [0, 0.05) is 44.9 Å². The van der Waals surface area contributed by atoms with E-state index in [1.807, 2.05) is 24.3 Å². The first kappa shape index (κ1) is 21.5.